The molecule has 0 radical (unpaired) electrons. The Bertz CT molecular complexity index is 1060. The van der Waals surface area contributed by atoms with Gasteiger partial charge in [-0.1, -0.05) is 18.5 Å². The molecule has 1 aliphatic heterocycles. The molecule has 0 bridgehead atoms. The van der Waals surface area contributed by atoms with Crippen molar-refractivity contribution >= 4 is 23.2 Å². The molecule has 34 heavy (non-hydrogen) atoms. The Hall–Kier alpha value is -2.71. The molecule has 6 nitrogen and oxygen atoms in total. The van der Waals surface area contributed by atoms with Gasteiger partial charge in [0, 0.05) is 25.3 Å². The van der Waals surface area contributed by atoms with Crippen LogP contribution in [0.1, 0.15) is 31.7 Å². The maximum atomic E-state index is 13.6. The van der Waals surface area contributed by atoms with E-state index in [2.05, 4.69) is 21.0 Å². The van der Waals surface area contributed by atoms with Gasteiger partial charge in [0.1, 0.15) is 6.07 Å². The zero-order valence-electron chi connectivity index (χ0n) is 19.1. The van der Waals surface area contributed by atoms with Crippen LogP contribution in [0, 0.1) is 24.0 Å². The van der Waals surface area contributed by atoms with Crippen molar-refractivity contribution < 1.29 is 27.6 Å². The van der Waals surface area contributed by atoms with Crippen molar-refractivity contribution in [3.05, 3.63) is 78.0 Å². The predicted molar refractivity (Wildman–Crippen MR) is 124 cm³/mol. The van der Waals surface area contributed by atoms with Crippen LogP contribution in [0.25, 0.3) is 0 Å². The average Bonchev–Trinajstić information content (AvgIpc) is 2.84. The molecule has 3 heterocycles. The molecule has 0 aromatic carbocycles. The summed E-state index contributed by atoms with van der Waals surface area (Å²) in [5.74, 6) is -2.46. The SMILES string of the molecule is [CH-]=C/C(=C\C=[C-]C(F)(F)CC)N(c1cnccc1Cl)C1CCN(c2ncc(C#N)cn2)CC1.[Li+]. The van der Waals surface area contributed by atoms with Gasteiger partial charge in [-0.3, -0.25) is 17.6 Å². The van der Waals surface area contributed by atoms with Gasteiger partial charge >= 0.3 is 18.9 Å². The third-order valence-electron chi connectivity index (χ3n) is 5.33. The van der Waals surface area contributed by atoms with Crippen LogP contribution >= 0.6 is 11.6 Å². The average molecular weight is 476 g/mol. The molecule has 0 saturated carbocycles. The van der Waals surface area contributed by atoms with Gasteiger partial charge in [-0.05, 0) is 25.3 Å². The molecule has 0 aliphatic carbocycles. The fraction of sp³-hybridized carbons (Fsp3) is 0.333. The maximum absolute atomic E-state index is 13.6. The third kappa shape index (κ3) is 6.90. The van der Waals surface area contributed by atoms with Crippen LogP contribution in [0.3, 0.4) is 0 Å². The van der Waals surface area contributed by atoms with Crippen molar-refractivity contribution in [3.63, 3.8) is 0 Å². The van der Waals surface area contributed by atoms with E-state index in [0.29, 0.717) is 53.9 Å². The van der Waals surface area contributed by atoms with Gasteiger partial charge in [-0.2, -0.15) is 11.0 Å². The molecular formula is C24H23ClF2LiN6-. The minimum atomic E-state index is -3.01. The van der Waals surface area contributed by atoms with Crippen LogP contribution in [-0.4, -0.2) is 40.0 Å². The molecule has 3 rings (SSSR count). The van der Waals surface area contributed by atoms with E-state index < -0.39 is 5.92 Å². The van der Waals surface area contributed by atoms with Crippen molar-refractivity contribution in [1.82, 2.24) is 15.0 Å². The van der Waals surface area contributed by atoms with Crippen molar-refractivity contribution in [1.29, 1.82) is 5.26 Å². The van der Waals surface area contributed by atoms with E-state index in [1.165, 1.54) is 37.5 Å². The zero-order chi connectivity index (χ0) is 23.8. The van der Waals surface area contributed by atoms with E-state index in [-0.39, 0.29) is 31.3 Å². The van der Waals surface area contributed by atoms with Crippen molar-refractivity contribution in [3.8, 4) is 6.07 Å². The van der Waals surface area contributed by atoms with Gasteiger partial charge in [0.15, 0.2) is 5.92 Å². The molecule has 0 unspecified atom stereocenters. The number of rotatable bonds is 8. The largest absolute Gasteiger partial charge is 1.00 e. The summed E-state index contributed by atoms with van der Waals surface area (Å²) in [6.07, 6.45) is 13.4. The summed E-state index contributed by atoms with van der Waals surface area (Å²) < 4.78 is 27.2. The molecular weight excluding hydrogens is 453 g/mol. The molecule has 2 aromatic heterocycles. The van der Waals surface area contributed by atoms with E-state index >= 15 is 0 Å². The molecule has 172 valence electrons. The first-order chi connectivity index (χ1) is 15.9. The summed E-state index contributed by atoms with van der Waals surface area (Å²) in [6.45, 7) is 8.60. The van der Waals surface area contributed by atoms with Crippen molar-refractivity contribution in [2.24, 2.45) is 0 Å². The van der Waals surface area contributed by atoms with Crippen LogP contribution in [-0.2, 0) is 0 Å². The first kappa shape index (κ1) is 27.5. The zero-order valence-corrected chi connectivity index (χ0v) is 19.9. The number of hydrogen-bond donors (Lipinski definition) is 0. The van der Waals surface area contributed by atoms with E-state index in [1.54, 1.807) is 18.5 Å². The minimum Gasteiger partial charge on any atom is -0.432 e. The fourth-order valence-corrected chi connectivity index (χ4v) is 3.72. The Morgan fingerprint density at radius 1 is 1.35 bits per heavy atom. The maximum Gasteiger partial charge on any atom is 1.00 e. The topological polar surface area (TPSA) is 68.9 Å². The van der Waals surface area contributed by atoms with E-state index in [4.69, 9.17) is 23.4 Å². The number of anilines is 2. The first-order valence-electron chi connectivity index (χ1n) is 10.5. The fourth-order valence-electron chi connectivity index (χ4n) is 3.53. The van der Waals surface area contributed by atoms with E-state index in [0.717, 1.165) is 0 Å². The van der Waals surface area contributed by atoms with E-state index in [9.17, 15) is 8.78 Å². The number of piperidine rings is 1. The van der Waals surface area contributed by atoms with Gasteiger partial charge in [0.05, 0.1) is 34.9 Å². The minimum absolute atomic E-state index is 0. The summed E-state index contributed by atoms with van der Waals surface area (Å²) in [6, 6.07) is 3.66. The molecule has 0 spiro atoms. The number of nitriles is 1. The molecule has 10 heteroatoms. The van der Waals surface area contributed by atoms with Gasteiger partial charge in [-0.25, -0.2) is 37.0 Å². The number of aromatic nitrogens is 3. The van der Waals surface area contributed by atoms with Crippen LogP contribution in [0.4, 0.5) is 20.4 Å². The quantitative estimate of drug-likeness (QED) is 0.331. The molecule has 0 amide bonds. The number of hydrogen-bond acceptors (Lipinski definition) is 6. The Morgan fingerprint density at radius 3 is 2.59 bits per heavy atom. The third-order valence-corrected chi connectivity index (χ3v) is 5.65. The number of allylic oxidation sites excluding steroid dienone is 4. The molecule has 2 aromatic rings. The monoisotopic (exact) mass is 475 g/mol. The standard InChI is InChI=1S/C24H23ClF2N6.Li/c1-3-19(6-5-10-24(26,27)4-2)33(22-17-29-11-7-21(22)25)20-8-12-32(13-9-20)23-30-15-18(14-28)16-31-23;/h1,3,5-7,11,15-17,20H,4,8-9,12-13H2,2H3;/q-2;+1/b19-6+;. The van der Waals surface area contributed by atoms with Crippen molar-refractivity contribution in [2.45, 2.75) is 38.2 Å². The predicted octanol–water partition coefficient (Wildman–Crippen LogP) is 2.15. The Labute approximate surface area is 215 Å². The number of halogens is 3. The van der Waals surface area contributed by atoms with Crippen LogP contribution in [0.15, 0.2) is 54.8 Å². The van der Waals surface area contributed by atoms with Gasteiger partial charge < -0.3 is 9.80 Å². The van der Waals surface area contributed by atoms with Crippen LogP contribution in [0.5, 0.6) is 0 Å². The van der Waals surface area contributed by atoms with Gasteiger partial charge in [0.25, 0.3) is 0 Å². The van der Waals surface area contributed by atoms with Crippen molar-refractivity contribution in [2.75, 3.05) is 22.9 Å². The second-order valence-electron chi connectivity index (χ2n) is 7.43. The van der Waals surface area contributed by atoms with Crippen LogP contribution < -0.4 is 28.7 Å². The first-order valence-corrected chi connectivity index (χ1v) is 10.9. The summed E-state index contributed by atoms with van der Waals surface area (Å²) in [5, 5.41) is 9.40. The Morgan fingerprint density at radius 2 is 2.03 bits per heavy atom. The summed E-state index contributed by atoms with van der Waals surface area (Å²) in [5.41, 5.74) is 1.55. The number of alkyl halides is 2. The molecule has 1 saturated heterocycles. The summed E-state index contributed by atoms with van der Waals surface area (Å²) in [4.78, 5) is 16.7. The second kappa shape index (κ2) is 12.7. The van der Waals surface area contributed by atoms with Gasteiger partial charge in [0.2, 0.25) is 5.95 Å². The molecule has 0 atom stereocenters. The summed E-state index contributed by atoms with van der Waals surface area (Å²) in [7, 11) is 0. The Kier molecular flexibility index (Phi) is 10.3. The normalized spacial score (nSPS) is 15.0. The van der Waals surface area contributed by atoms with Gasteiger partial charge in [-0.15, -0.1) is 0 Å². The smallest absolute Gasteiger partial charge is 0.432 e. The molecule has 1 fully saturated rings. The molecule has 1 aliphatic rings. The summed E-state index contributed by atoms with van der Waals surface area (Å²) >= 11 is 6.46. The Balaban J connectivity index is 0.00000408. The van der Waals surface area contributed by atoms with E-state index in [1.807, 2.05) is 15.9 Å². The van der Waals surface area contributed by atoms with Crippen LogP contribution in [0.2, 0.25) is 5.02 Å². The number of nitrogens with zero attached hydrogens (tertiary/aromatic N) is 6. The second-order valence-corrected chi connectivity index (χ2v) is 7.83. The molecule has 0 N–H and O–H groups in total. The number of pyridine rings is 1.